The van der Waals surface area contributed by atoms with Crippen molar-refractivity contribution in [3.05, 3.63) is 24.3 Å². The minimum absolute atomic E-state index is 0.388. The Hall–Kier alpha value is -1.71. The van der Waals surface area contributed by atoms with Gasteiger partial charge in [0.05, 0.1) is 12.8 Å². The van der Waals surface area contributed by atoms with Crippen molar-refractivity contribution in [1.29, 1.82) is 0 Å². The van der Waals surface area contributed by atoms with E-state index in [1.807, 2.05) is 6.92 Å². The Morgan fingerprint density at radius 3 is 2.67 bits per heavy atom. The fourth-order valence-corrected chi connectivity index (χ4v) is 1.17. The summed E-state index contributed by atoms with van der Waals surface area (Å²) in [4.78, 5) is 11.3. The average molecular weight is 209 g/mol. The van der Waals surface area contributed by atoms with Gasteiger partial charge in [0.1, 0.15) is 5.75 Å². The van der Waals surface area contributed by atoms with Gasteiger partial charge in [0, 0.05) is 0 Å². The minimum atomic E-state index is -0.598. The Morgan fingerprint density at radius 1 is 1.47 bits per heavy atom. The molecule has 0 saturated heterocycles. The zero-order chi connectivity index (χ0) is 11.3. The predicted molar refractivity (Wildman–Crippen MR) is 57.6 cm³/mol. The molecule has 0 aliphatic carbocycles. The Labute approximate surface area is 89.0 Å². The van der Waals surface area contributed by atoms with Crippen LogP contribution in [0.4, 0.5) is 5.69 Å². The monoisotopic (exact) mass is 209 g/mol. The zero-order valence-corrected chi connectivity index (χ0v) is 8.90. The maximum absolute atomic E-state index is 11.3. The molecule has 4 heteroatoms. The number of benzene rings is 1. The maximum atomic E-state index is 11.3. The minimum Gasteiger partial charge on any atom is -0.477 e. The lowest BCUT2D eigenvalue weighted by Gasteiger charge is -2.16. The van der Waals surface area contributed by atoms with Gasteiger partial charge >= 0.3 is 5.97 Å². The molecular weight excluding hydrogens is 194 g/mol. The molecule has 1 atom stereocenters. The van der Waals surface area contributed by atoms with Crippen LogP contribution in [-0.4, -0.2) is 19.2 Å². The highest BCUT2D eigenvalue weighted by atomic mass is 16.6. The van der Waals surface area contributed by atoms with Crippen LogP contribution in [-0.2, 0) is 9.53 Å². The number of carbonyl (C=O) groups is 1. The van der Waals surface area contributed by atoms with E-state index < -0.39 is 6.10 Å². The second-order valence-corrected chi connectivity index (χ2v) is 3.08. The average Bonchev–Trinajstić information content (AvgIpc) is 2.27. The smallest absolute Gasteiger partial charge is 0.347 e. The van der Waals surface area contributed by atoms with E-state index in [4.69, 9.17) is 10.5 Å². The lowest BCUT2D eigenvalue weighted by Crippen LogP contribution is -2.27. The standard InChI is InChI=1S/C11H15NO3/c1-3-9(11(13)14-2)15-10-7-5-4-6-8(10)12/h4-7,9H,3,12H2,1-2H3. The molecule has 0 radical (unpaired) electrons. The van der Waals surface area contributed by atoms with Crippen LogP contribution in [0.2, 0.25) is 0 Å². The third-order valence-corrected chi connectivity index (χ3v) is 2.02. The van der Waals surface area contributed by atoms with Gasteiger partial charge in [0.2, 0.25) is 0 Å². The van der Waals surface area contributed by atoms with Gasteiger partial charge < -0.3 is 15.2 Å². The molecule has 0 spiro atoms. The first kappa shape index (κ1) is 11.4. The van der Waals surface area contributed by atoms with Gasteiger partial charge in [-0.2, -0.15) is 0 Å². The highest BCUT2D eigenvalue weighted by Crippen LogP contribution is 2.22. The van der Waals surface area contributed by atoms with Crippen molar-refractivity contribution in [3.63, 3.8) is 0 Å². The molecular formula is C11H15NO3. The predicted octanol–water partition coefficient (Wildman–Crippen LogP) is 1.60. The van der Waals surface area contributed by atoms with Gasteiger partial charge in [-0.25, -0.2) is 4.79 Å². The summed E-state index contributed by atoms with van der Waals surface area (Å²) in [7, 11) is 1.34. The first-order valence-corrected chi connectivity index (χ1v) is 4.78. The number of hydrogen-bond acceptors (Lipinski definition) is 4. The van der Waals surface area contributed by atoms with Crippen LogP contribution >= 0.6 is 0 Å². The van der Waals surface area contributed by atoms with Gasteiger partial charge in [-0.1, -0.05) is 19.1 Å². The fraction of sp³-hybridized carbons (Fsp3) is 0.364. The van der Waals surface area contributed by atoms with Crippen LogP contribution in [0, 0.1) is 0 Å². The van der Waals surface area contributed by atoms with Crippen molar-refractivity contribution in [3.8, 4) is 5.75 Å². The van der Waals surface area contributed by atoms with Crippen LogP contribution in [0.25, 0.3) is 0 Å². The van der Waals surface area contributed by atoms with Crippen LogP contribution in [0.3, 0.4) is 0 Å². The Kier molecular flexibility index (Phi) is 3.97. The lowest BCUT2D eigenvalue weighted by atomic mass is 10.2. The van der Waals surface area contributed by atoms with E-state index >= 15 is 0 Å². The van der Waals surface area contributed by atoms with E-state index in [0.717, 1.165) is 0 Å². The molecule has 1 rings (SSSR count). The molecule has 82 valence electrons. The molecule has 0 bridgehead atoms. The Bertz CT molecular complexity index is 338. The van der Waals surface area contributed by atoms with Gasteiger partial charge in [0.25, 0.3) is 0 Å². The van der Waals surface area contributed by atoms with Crippen LogP contribution in [0.15, 0.2) is 24.3 Å². The van der Waals surface area contributed by atoms with Crippen molar-refractivity contribution in [2.24, 2.45) is 0 Å². The molecule has 0 fully saturated rings. The number of nitrogens with two attached hydrogens (primary N) is 1. The molecule has 0 saturated carbocycles. The van der Waals surface area contributed by atoms with E-state index in [9.17, 15) is 4.79 Å². The third-order valence-electron chi connectivity index (χ3n) is 2.02. The highest BCUT2D eigenvalue weighted by molar-refractivity contribution is 5.75. The number of methoxy groups -OCH3 is 1. The number of rotatable bonds is 4. The van der Waals surface area contributed by atoms with Gasteiger partial charge in [0.15, 0.2) is 6.10 Å². The largest absolute Gasteiger partial charge is 0.477 e. The fourth-order valence-electron chi connectivity index (χ4n) is 1.17. The molecule has 1 unspecified atom stereocenters. The lowest BCUT2D eigenvalue weighted by molar-refractivity contribution is -0.148. The summed E-state index contributed by atoms with van der Waals surface area (Å²) in [5.41, 5.74) is 6.20. The van der Waals surface area contributed by atoms with Crippen LogP contribution in [0.1, 0.15) is 13.3 Å². The van der Waals surface area contributed by atoms with Gasteiger partial charge in [-0.05, 0) is 18.6 Å². The van der Waals surface area contributed by atoms with Crippen molar-refractivity contribution in [1.82, 2.24) is 0 Å². The normalized spacial score (nSPS) is 11.9. The van der Waals surface area contributed by atoms with Crippen molar-refractivity contribution < 1.29 is 14.3 Å². The maximum Gasteiger partial charge on any atom is 0.347 e. The van der Waals surface area contributed by atoms with Gasteiger partial charge in [-0.15, -0.1) is 0 Å². The van der Waals surface area contributed by atoms with Gasteiger partial charge in [-0.3, -0.25) is 0 Å². The van der Waals surface area contributed by atoms with E-state index in [1.54, 1.807) is 24.3 Å². The molecule has 2 N–H and O–H groups in total. The van der Waals surface area contributed by atoms with Crippen LogP contribution in [0.5, 0.6) is 5.75 Å². The summed E-state index contributed by atoms with van der Waals surface area (Å²) in [6.45, 7) is 1.85. The first-order valence-electron chi connectivity index (χ1n) is 4.78. The molecule has 0 amide bonds. The second kappa shape index (κ2) is 5.24. The summed E-state index contributed by atoms with van der Waals surface area (Å²) in [6, 6.07) is 7.05. The van der Waals surface area contributed by atoms with Crippen molar-refractivity contribution in [2.75, 3.05) is 12.8 Å². The van der Waals surface area contributed by atoms with E-state index in [2.05, 4.69) is 4.74 Å². The molecule has 0 heterocycles. The first-order chi connectivity index (χ1) is 7.19. The summed E-state index contributed by atoms with van der Waals surface area (Å²) in [5.74, 6) is 0.121. The zero-order valence-electron chi connectivity index (χ0n) is 8.90. The molecule has 0 aliphatic rings. The molecule has 1 aromatic carbocycles. The van der Waals surface area contributed by atoms with Crippen molar-refractivity contribution in [2.45, 2.75) is 19.4 Å². The summed E-state index contributed by atoms with van der Waals surface area (Å²) < 4.78 is 10.1. The number of carbonyl (C=O) groups excluding carboxylic acids is 1. The molecule has 0 aliphatic heterocycles. The van der Waals surface area contributed by atoms with Crippen molar-refractivity contribution >= 4 is 11.7 Å². The number of ether oxygens (including phenoxy) is 2. The molecule has 4 nitrogen and oxygen atoms in total. The number of hydrogen-bond donors (Lipinski definition) is 1. The summed E-state index contributed by atoms with van der Waals surface area (Å²) in [5, 5.41) is 0. The summed E-state index contributed by atoms with van der Waals surface area (Å²) >= 11 is 0. The second-order valence-electron chi connectivity index (χ2n) is 3.08. The molecule has 15 heavy (non-hydrogen) atoms. The van der Waals surface area contributed by atoms with E-state index in [0.29, 0.717) is 17.9 Å². The number of esters is 1. The Balaban J connectivity index is 2.75. The Morgan fingerprint density at radius 2 is 2.13 bits per heavy atom. The van der Waals surface area contributed by atoms with E-state index in [-0.39, 0.29) is 5.97 Å². The quantitative estimate of drug-likeness (QED) is 0.604. The van der Waals surface area contributed by atoms with Crippen LogP contribution < -0.4 is 10.5 Å². The summed E-state index contributed by atoms with van der Waals surface area (Å²) in [6.07, 6.45) is -0.0548. The molecule has 0 aromatic heterocycles. The number of para-hydroxylation sites is 2. The molecule has 1 aromatic rings. The number of anilines is 1. The highest BCUT2D eigenvalue weighted by Gasteiger charge is 2.19. The third kappa shape index (κ3) is 2.87. The number of nitrogen functional groups attached to an aromatic ring is 1. The topological polar surface area (TPSA) is 61.5 Å². The SMILES string of the molecule is CCC(Oc1ccccc1N)C(=O)OC. The van der Waals surface area contributed by atoms with E-state index in [1.165, 1.54) is 7.11 Å².